The highest BCUT2D eigenvalue weighted by molar-refractivity contribution is 9.10. The third kappa shape index (κ3) is 3.31. The highest BCUT2D eigenvalue weighted by Gasteiger charge is 2.71. The van der Waals surface area contributed by atoms with E-state index in [1.165, 1.54) is 0 Å². The van der Waals surface area contributed by atoms with Crippen LogP contribution in [0.15, 0.2) is 58.2 Å². The van der Waals surface area contributed by atoms with E-state index in [2.05, 4.69) is 47.2 Å². The zero-order valence-electron chi connectivity index (χ0n) is 17.7. The Labute approximate surface area is 195 Å². The Hall–Kier alpha value is -2.18. The Bertz CT molecular complexity index is 1100. The van der Waals surface area contributed by atoms with Gasteiger partial charge in [-0.3, -0.25) is 4.79 Å². The van der Waals surface area contributed by atoms with Crippen molar-refractivity contribution in [3.05, 3.63) is 63.6 Å². The lowest BCUT2D eigenvalue weighted by Crippen LogP contribution is -2.43. The number of para-hydroxylation sites is 1. The highest BCUT2D eigenvalue weighted by atomic mass is 79.9. The molecule has 31 heavy (non-hydrogen) atoms. The molecule has 2 fully saturated rings. The number of oxime groups is 1. The van der Waals surface area contributed by atoms with Crippen LogP contribution in [0.2, 0.25) is 5.02 Å². The molecule has 4 rings (SSSR count). The van der Waals surface area contributed by atoms with Gasteiger partial charge in [0.1, 0.15) is 0 Å². The number of hydrogen-bond donors (Lipinski definition) is 1. The van der Waals surface area contributed by atoms with Crippen molar-refractivity contribution >= 4 is 50.8 Å². The summed E-state index contributed by atoms with van der Waals surface area (Å²) in [7, 11) is 0. The van der Waals surface area contributed by atoms with Gasteiger partial charge >= 0.3 is 5.97 Å². The van der Waals surface area contributed by atoms with Gasteiger partial charge in [-0.1, -0.05) is 61.8 Å². The van der Waals surface area contributed by atoms with Crippen molar-refractivity contribution < 1.29 is 14.4 Å². The maximum Gasteiger partial charge on any atom is 0.366 e. The number of rotatable bonds is 4. The molecule has 0 heterocycles. The van der Waals surface area contributed by atoms with Crippen molar-refractivity contribution in [1.82, 2.24) is 0 Å². The largest absolute Gasteiger partial charge is 0.366 e. The van der Waals surface area contributed by atoms with Crippen molar-refractivity contribution in [1.29, 1.82) is 0 Å². The standard InChI is InChI=1S/C24H24BrClN2O3/c1-22(2)23(3)12-13-24(22,21(30)27-18-11-7-6-10-17(18)26)14-19(23)28-31-20(29)15-8-4-5-9-16(15)25/h4-11H,12-14H2,1-3H3,(H,27,30). The van der Waals surface area contributed by atoms with Crippen molar-refractivity contribution in [3.63, 3.8) is 0 Å². The molecule has 0 aromatic heterocycles. The van der Waals surface area contributed by atoms with Crippen molar-refractivity contribution in [2.75, 3.05) is 5.32 Å². The molecule has 2 bridgehead atoms. The maximum absolute atomic E-state index is 13.5. The van der Waals surface area contributed by atoms with Crippen LogP contribution in [0, 0.1) is 16.2 Å². The Morgan fingerprint density at radius 2 is 1.74 bits per heavy atom. The first-order chi connectivity index (χ1) is 14.6. The molecule has 1 amide bonds. The van der Waals surface area contributed by atoms with Gasteiger partial charge in [0.05, 0.1) is 27.4 Å². The van der Waals surface area contributed by atoms with Crippen LogP contribution in [0.5, 0.6) is 0 Å². The van der Waals surface area contributed by atoms with Gasteiger partial charge in [-0.25, -0.2) is 4.79 Å². The van der Waals surface area contributed by atoms with Gasteiger partial charge < -0.3 is 10.2 Å². The molecule has 5 nitrogen and oxygen atoms in total. The molecule has 0 radical (unpaired) electrons. The molecule has 2 aliphatic rings. The number of anilines is 1. The third-order valence-corrected chi connectivity index (χ3v) is 8.64. The molecule has 7 heteroatoms. The molecule has 1 N–H and O–H groups in total. The topological polar surface area (TPSA) is 67.8 Å². The molecule has 162 valence electrons. The van der Waals surface area contributed by atoms with E-state index < -0.39 is 11.4 Å². The summed E-state index contributed by atoms with van der Waals surface area (Å²) in [4.78, 5) is 31.4. The molecule has 2 saturated carbocycles. The fourth-order valence-corrected chi connectivity index (χ4v) is 5.73. The summed E-state index contributed by atoms with van der Waals surface area (Å²) >= 11 is 9.62. The van der Waals surface area contributed by atoms with E-state index in [1.54, 1.807) is 30.3 Å². The second-order valence-corrected chi connectivity index (χ2v) is 10.3. The van der Waals surface area contributed by atoms with Crippen LogP contribution in [0.25, 0.3) is 0 Å². The smallest absolute Gasteiger partial charge is 0.324 e. The maximum atomic E-state index is 13.5. The minimum atomic E-state index is -0.653. The summed E-state index contributed by atoms with van der Waals surface area (Å²) in [5, 5.41) is 7.81. The van der Waals surface area contributed by atoms with Crippen LogP contribution in [-0.4, -0.2) is 17.6 Å². The quantitative estimate of drug-likeness (QED) is 0.384. The van der Waals surface area contributed by atoms with Crippen molar-refractivity contribution in [3.8, 4) is 0 Å². The zero-order valence-corrected chi connectivity index (χ0v) is 20.0. The number of halogens is 2. The molecule has 0 saturated heterocycles. The van der Waals surface area contributed by atoms with Crippen molar-refractivity contribution in [2.45, 2.75) is 40.0 Å². The van der Waals surface area contributed by atoms with Crippen LogP contribution in [-0.2, 0) is 9.63 Å². The van der Waals surface area contributed by atoms with Crippen molar-refractivity contribution in [2.24, 2.45) is 21.4 Å². The molecular formula is C24H24BrClN2O3. The average Bonchev–Trinajstić information content (AvgIpc) is 3.04. The first-order valence-electron chi connectivity index (χ1n) is 10.2. The van der Waals surface area contributed by atoms with E-state index in [-0.39, 0.29) is 16.7 Å². The summed E-state index contributed by atoms with van der Waals surface area (Å²) < 4.78 is 0.648. The van der Waals surface area contributed by atoms with Gasteiger partial charge in [0.2, 0.25) is 5.91 Å². The minimum absolute atomic E-state index is 0.0725. The Morgan fingerprint density at radius 3 is 2.45 bits per heavy atom. The average molecular weight is 504 g/mol. The number of fused-ring (bicyclic) bond motifs is 2. The van der Waals surface area contributed by atoms with Crippen LogP contribution in [0.3, 0.4) is 0 Å². The normalized spacial score (nSPS) is 27.3. The number of nitrogens with one attached hydrogen (secondary N) is 1. The summed E-state index contributed by atoms with van der Waals surface area (Å²) in [5.74, 6) is -0.602. The number of hydrogen-bond acceptors (Lipinski definition) is 4. The van der Waals surface area contributed by atoms with Gasteiger partial charge in [-0.15, -0.1) is 0 Å². The second kappa shape index (κ2) is 7.75. The van der Waals surface area contributed by atoms with Gasteiger partial charge in [0.25, 0.3) is 0 Å². The Morgan fingerprint density at radius 1 is 1.06 bits per heavy atom. The number of benzene rings is 2. The summed E-state index contributed by atoms with van der Waals surface area (Å²) in [6.07, 6.45) is 1.97. The minimum Gasteiger partial charge on any atom is -0.324 e. The summed E-state index contributed by atoms with van der Waals surface area (Å²) in [6.45, 7) is 6.31. The van der Waals surface area contributed by atoms with Gasteiger partial charge in [0, 0.05) is 16.3 Å². The fourth-order valence-electron chi connectivity index (χ4n) is 5.10. The zero-order chi connectivity index (χ0) is 22.4. The highest BCUT2D eigenvalue weighted by Crippen LogP contribution is 2.71. The Balaban J connectivity index is 1.61. The molecule has 2 aromatic carbocycles. The first-order valence-corrected chi connectivity index (χ1v) is 11.4. The number of carbonyl (C=O) groups excluding carboxylic acids is 2. The van der Waals surface area contributed by atoms with E-state index in [4.69, 9.17) is 16.4 Å². The van der Waals surface area contributed by atoms with E-state index in [0.29, 0.717) is 27.2 Å². The Kier molecular flexibility index (Phi) is 5.51. The molecular weight excluding hydrogens is 480 g/mol. The van der Waals surface area contributed by atoms with Gasteiger partial charge in [-0.2, -0.15) is 0 Å². The number of nitrogens with zero attached hydrogens (tertiary/aromatic N) is 1. The molecule has 2 atom stereocenters. The molecule has 2 unspecified atom stereocenters. The number of amides is 1. The predicted molar refractivity (Wildman–Crippen MR) is 125 cm³/mol. The third-order valence-electron chi connectivity index (χ3n) is 7.62. The predicted octanol–water partition coefficient (Wildman–Crippen LogP) is 6.47. The molecule has 2 aromatic rings. The van der Waals surface area contributed by atoms with Gasteiger partial charge in [-0.05, 0) is 58.5 Å². The number of carbonyl (C=O) groups is 2. The van der Waals surface area contributed by atoms with E-state index in [1.807, 2.05) is 18.2 Å². The lowest BCUT2D eigenvalue weighted by Gasteiger charge is -2.39. The SMILES string of the molecule is CC12CCC(C(=O)Nc3ccccc3Cl)(CC1=NOC(=O)c1ccccc1Br)C2(C)C. The lowest BCUT2D eigenvalue weighted by molar-refractivity contribution is -0.130. The summed E-state index contributed by atoms with van der Waals surface area (Å²) in [5.41, 5.74) is 0.380. The summed E-state index contributed by atoms with van der Waals surface area (Å²) in [6, 6.07) is 14.3. The van der Waals surface area contributed by atoms with E-state index in [0.717, 1.165) is 18.6 Å². The van der Waals surface area contributed by atoms with Gasteiger partial charge in [0.15, 0.2) is 0 Å². The second-order valence-electron chi connectivity index (χ2n) is 9.05. The molecule has 2 aliphatic carbocycles. The van der Waals surface area contributed by atoms with Crippen LogP contribution in [0.1, 0.15) is 50.4 Å². The molecule has 0 spiro atoms. The molecule has 0 aliphatic heterocycles. The fraction of sp³-hybridized carbons (Fsp3) is 0.375. The lowest BCUT2D eigenvalue weighted by atomic mass is 9.64. The van der Waals surface area contributed by atoms with E-state index in [9.17, 15) is 9.59 Å². The van der Waals surface area contributed by atoms with Crippen LogP contribution >= 0.6 is 27.5 Å². The monoisotopic (exact) mass is 502 g/mol. The van der Waals surface area contributed by atoms with Crippen LogP contribution in [0.4, 0.5) is 5.69 Å². The first kappa shape index (κ1) is 22.0. The van der Waals surface area contributed by atoms with Crippen LogP contribution < -0.4 is 5.32 Å². The van der Waals surface area contributed by atoms with E-state index >= 15 is 0 Å².